The predicted molar refractivity (Wildman–Crippen MR) is 40.9 cm³/mol. The van der Waals surface area contributed by atoms with Gasteiger partial charge in [-0.3, -0.25) is 0 Å². The second-order valence-electron chi connectivity index (χ2n) is 2.37. The van der Waals surface area contributed by atoms with Crippen molar-refractivity contribution >= 4 is 5.69 Å². The van der Waals surface area contributed by atoms with Gasteiger partial charge in [0.15, 0.2) is 0 Å². The number of para-hydroxylation sites is 1. The minimum Gasteiger partial charge on any atom is -0.375 e. The molecule has 0 aliphatic heterocycles. The van der Waals surface area contributed by atoms with Gasteiger partial charge in [-0.25, -0.2) is 17.6 Å². The van der Waals surface area contributed by atoms with Crippen molar-refractivity contribution in [3.8, 4) is 0 Å². The Kier molecular flexibility index (Phi) is 3.11. The van der Waals surface area contributed by atoms with Gasteiger partial charge >= 0.3 is 0 Å². The first-order chi connectivity index (χ1) is 6.11. The van der Waals surface area contributed by atoms with E-state index in [0.717, 1.165) is 18.2 Å². The first kappa shape index (κ1) is 9.83. The maximum Gasteiger partial charge on any atom is 0.255 e. The average Bonchev–Trinajstić information content (AvgIpc) is 2.03. The quantitative estimate of drug-likeness (QED) is 0.727. The Balaban J connectivity index is 2.75. The average molecular weight is 193 g/mol. The molecular weight excluding hydrogens is 186 g/mol. The summed E-state index contributed by atoms with van der Waals surface area (Å²) in [6.07, 6.45) is -2.64. The van der Waals surface area contributed by atoms with E-state index >= 15 is 0 Å². The molecule has 0 unspecified atom stereocenters. The second kappa shape index (κ2) is 4.11. The molecule has 0 atom stereocenters. The maximum absolute atomic E-state index is 12.8. The van der Waals surface area contributed by atoms with E-state index in [1.54, 1.807) is 0 Å². The van der Waals surface area contributed by atoms with Crippen molar-refractivity contribution in [3.05, 3.63) is 29.8 Å². The van der Waals surface area contributed by atoms with Gasteiger partial charge < -0.3 is 5.32 Å². The summed E-state index contributed by atoms with van der Waals surface area (Å²) in [6.45, 7) is -0.766. The number of anilines is 1. The van der Waals surface area contributed by atoms with E-state index in [9.17, 15) is 17.6 Å². The molecule has 0 aliphatic rings. The van der Waals surface area contributed by atoms with Crippen LogP contribution in [0.1, 0.15) is 0 Å². The molecule has 0 radical (unpaired) electrons. The van der Waals surface area contributed by atoms with Gasteiger partial charge in [-0.05, 0) is 12.1 Å². The lowest BCUT2D eigenvalue weighted by molar-refractivity contribution is 0.163. The van der Waals surface area contributed by atoms with Crippen molar-refractivity contribution in [1.29, 1.82) is 0 Å². The molecule has 1 aromatic carbocycles. The monoisotopic (exact) mass is 193 g/mol. The molecule has 0 spiro atoms. The van der Waals surface area contributed by atoms with Crippen LogP contribution in [0.15, 0.2) is 18.2 Å². The number of hydrogen-bond acceptors (Lipinski definition) is 1. The number of benzene rings is 1. The highest BCUT2D eigenvalue weighted by molar-refractivity contribution is 5.45. The number of hydrogen-bond donors (Lipinski definition) is 1. The van der Waals surface area contributed by atoms with Gasteiger partial charge in [0.05, 0.1) is 6.54 Å². The Morgan fingerprint density at radius 3 is 2.15 bits per heavy atom. The van der Waals surface area contributed by atoms with Crippen LogP contribution in [0.3, 0.4) is 0 Å². The van der Waals surface area contributed by atoms with Gasteiger partial charge in [-0.2, -0.15) is 0 Å². The highest BCUT2D eigenvalue weighted by Gasteiger charge is 2.09. The van der Waals surface area contributed by atoms with E-state index in [0.29, 0.717) is 0 Å². The van der Waals surface area contributed by atoms with Crippen LogP contribution in [0.25, 0.3) is 0 Å². The lowest BCUT2D eigenvalue weighted by Crippen LogP contribution is -2.12. The standard InChI is InChI=1S/C8H7F4N/c9-5-2-1-3-6(10)8(5)13-4-7(11)12/h1-3,7,13H,4H2. The number of rotatable bonds is 3. The Hall–Kier alpha value is -1.26. The lowest BCUT2D eigenvalue weighted by atomic mass is 10.3. The Morgan fingerprint density at radius 2 is 1.69 bits per heavy atom. The minimum atomic E-state index is -2.64. The van der Waals surface area contributed by atoms with E-state index in [1.165, 1.54) is 0 Å². The fourth-order valence-electron chi connectivity index (χ4n) is 0.846. The van der Waals surface area contributed by atoms with E-state index in [2.05, 4.69) is 0 Å². The molecule has 72 valence electrons. The third kappa shape index (κ3) is 2.61. The topological polar surface area (TPSA) is 12.0 Å². The third-order valence-electron chi connectivity index (χ3n) is 1.40. The van der Waals surface area contributed by atoms with Crippen molar-refractivity contribution < 1.29 is 17.6 Å². The third-order valence-corrected chi connectivity index (χ3v) is 1.40. The molecule has 0 aliphatic carbocycles. The summed E-state index contributed by atoms with van der Waals surface area (Å²) in [6, 6.07) is 3.16. The first-order valence-corrected chi connectivity index (χ1v) is 3.57. The van der Waals surface area contributed by atoms with Gasteiger partial charge in [-0.1, -0.05) is 6.07 Å². The van der Waals surface area contributed by atoms with E-state index in [1.807, 2.05) is 5.32 Å². The number of alkyl halides is 2. The lowest BCUT2D eigenvalue weighted by Gasteiger charge is -2.07. The molecule has 5 heteroatoms. The Morgan fingerprint density at radius 1 is 1.15 bits per heavy atom. The summed E-state index contributed by atoms with van der Waals surface area (Å²) in [7, 11) is 0. The minimum absolute atomic E-state index is 0.511. The molecule has 1 rings (SSSR count). The van der Waals surface area contributed by atoms with Crippen LogP contribution in [0.5, 0.6) is 0 Å². The van der Waals surface area contributed by atoms with Crippen LogP contribution < -0.4 is 5.32 Å². The number of nitrogens with one attached hydrogen (secondary N) is 1. The number of halogens is 4. The van der Waals surface area contributed by atoms with Crippen molar-refractivity contribution in [3.63, 3.8) is 0 Å². The molecule has 0 fully saturated rings. The van der Waals surface area contributed by atoms with Gasteiger partial charge in [-0.15, -0.1) is 0 Å². The molecule has 0 amide bonds. The van der Waals surface area contributed by atoms with E-state index in [4.69, 9.17) is 0 Å². The van der Waals surface area contributed by atoms with Crippen LogP contribution in [0, 0.1) is 11.6 Å². The molecule has 1 aromatic rings. The van der Waals surface area contributed by atoms with Gasteiger partial charge in [0.25, 0.3) is 6.43 Å². The largest absolute Gasteiger partial charge is 0.375 e. The van der Waals surface area contributed by atoms with Gasteiger partial charge in [0.1, 0.15) is 17.3 Å². The highest BCUT2D eigenvalue weighted by Crippen LogP contribution is 2.17. The van der Waals surface area contributed by atoms with Gasteiger partial charge in [0, 0.05) is 0 Å². The maximum atomic E-state index is 12.8. The SMILES string of the molecule is Fc1cccc(F)c1NCC(F)F. The summed E-state index contributed by atoms with van der Waals surface area (Å²) >= 11 is 0. The molecule has 1 N–H and O–H groups in total. The second-order valence-corrected chi connectivity index (χ2v) is 2.37. The smallest absolute Gasteiger partial charge is 0.255 e. The zero-order chi connectivity index (χ0) is 9.84. The molecule has 0 heterocycles. The summed E-state index contributed by atoms with van der Waals surface area (Å²) in [5, 5.41) is 1.98. The fourth-order valence-corrected chi connectivity index (χ4v) is 0.846. The zero-order valence-corrected chi connectivity index (χ0v) is 6.53. The summed E-state index contributed by atoms with van der Waals surface area (Å²) in [5.74, 6) is -1.75. The summed E-state index contributed by atoms with van der Waals surface area (Å²) in [4.78, 5) is 0. The van der Waals surface area contributed by atoms with Crippen LogP contribution in [-0.2, 0) is 0 Å². The van der Waals surface area contributed by atoms with Crippen LogP contribution in [-0.4, -0.2) is 13.0 Å². The zero-order valence-electron chi connectivity index (χ0n) is 6.53. The van der Waals surface area contributed by atoms with E-state index < -0.39 is 30.3 Å². The highest BCUT2D eigenvalue weighted by atomic mass is 19.3. The van der Waals surface area contributed by atoms with Crippen LogP contribution in [0.4, 0.5) is 23.2 Å². The molecule has 0 saturated carbocycles. The predicted octanol–water partition coefficient (Wildman–Crippen LogP) is 2.64. The first-order valence-electron chi connectivity index (χ1n) is 3.57. The molecular formula is C8H7F4N. The Bertz CT molecular complexity index is 267. The summed E-state index contributed by atoms with van der Waals surface area (Å²) < 4.78 is 48.9. The van der Waals surface area contributed by atoms with Crippen molar-refractivity contribution in [2.75, 3.05) is 11.9 Å². The molecule has 0 aromatic heterocycles. The normalized spacial score (nSPS) is 10.5. The van der Waals surface area contributed by atoms with Crippen LogP contribution >= 0.6 is 0 Å². The molecule has 1 nitrogen and oxygen atoms in total. The van der Waals surface area contributed by atoms with Crippen molar-refractivity contribution in [1.82, 2.24) is 0 Å². The fraction of sp³-hybridized carbons (Fsp3) is 0.250. The Labute approximate surface area is 72.4 Å². The van der Waals surface area contributed by atoms with Crippen molar-refractivity contribution in [2.24, 2.45) is 0 Å². The van der Waals surface area contributed by atoms with Crippen LogP contribution in [0.2, 0.25) is 0 Å². The van der Waals surface area contributed by atoms with Crippen molar-refractivity contribution in [2.45, 2.75) is 6.43 Å². The molecule has 0 bridgehead atoms. The summed E-state index contributed by atoms with van der Waals surface area (Å²) in [5.41, 5.74) is -0.511. The van der Waals surface area contributed by atoms with Gasteiger partial charge in [0.2, 0.25) is 0 Å². The molecule has 0 saturated heterocycles. The molecule has 13 heavy (non-hydrogen) atoms. The van der Waals surface area contributed by atoms with E-state index in [-0.39, 0.29) is 0 Å².